The van der Waals surface area contributed by atoms with Crippen LogP contribution in [0, 0.1) is 24.1 Å². The number of amides is 2. The van der Waals surface area contributed by atoms with Crippen LogP contribution in [0.3, 0.4) is 0 Å². The number of anilines is 3. The van der Waals surface area contributed by atoms with Gasteiger partial charge < -0.3 is 5.32 Å². The van der Waals surface area contributed by atoms with Crippen LogP contribution >= 0.6 is 11.3 Å². The number of rotatable bonds is 7. The molecule has 0 atom stereocenters. The lowest BCUT2D eigenvalue weighted by Gasteiger charge is -2.18. The zero-order valence-corrected chi connectivity index (χ0v) is 17.7. The molecule has 31 heavy (non-hydrogen) atoms. The molecule has 0 aliphatic rings. The number of nitrogens with one attached hydrogen (secondary N) is 1. The van der Waals surface area contributed by atoms with Crippen LogP contribution in [0.25, 0.3) is 6.08 Å². The van der Waals surface area contributed by atoms with Gasteiger partial charge in [-0.05, 0) is 25.1 Å². The molecule has 2 amide bonds. The maximum atomic E-state index is 14.2. The summed E-state index contributed by atoms with van der Waals surface area (Å²) in [6.07, 6.45) is 3.07. The van der Waals surface area contributed by atoms with E-state index in [1.165, 1.54) is 36.1 Å². The molecule has 0 unspecified atom stereocenters. The first-order chi connectivity index (χ1) is 14.9. The molecule has 0 aliphatic carbocycles. The average Bonchev–Trinajstić information content (AvgIpc) is 3.32. The van der Waals surface area contributed by atoms with E-state index in [1.807, 2.05) is 6.07 Å². The highest BCUT2D eigenvalue weighted by molar-refractivity contribution is 7.14. The number of para-hydroxylation sites is 1. The van der Waals surface area contributed by atoms with Gasteiger partial charge in [-0.15, -0.1) is 11.3 Å². The molecule has 1 N–H and O–H groups in total. The minimum absolute atomic E-state index is 0.110. The summed E-state index contributed by atoms with van der Waals surface area (Å²) in [4.78, 5) is 29.9. The third-order valence-corrected chi connectivity index (χ3v) is 4.95. The Bertz CT molecular complexity index is 1180. The molecule has 8 nitrogen and oxygen atoms in total. The summed E-state index contributed by atoms with van der Waals surface area (Å²) in [5.41, 5.74) is 1.28. The molecule has 0 saturated carbocycles. The summed E-state index contributed by atoms with van der Waals surface area (Å²) < 4.78 is 15.7. The van der Waals surface area contributed by atoms with Crippen molar-refractivity contribution in [3.63, 3.8) is 0 Å². The smallest absolute Gasteiger partial charge is 0.249 e. The second-order valence-electron chi connectivity index (χ2n) is 6.49. The van der Waals surface area contributed by atoms with Gasteiger partial charge in [0.2, 0.25) is 11.8 Å². The van der Waals surface area contributed by atoms with Crippen molar-refractivity contribution in [2.75, 3.05) is 10.2 Å². The van der Waals surface area contributed by atoms with E-state index in [1.54, 1.807) is 35.2 Å². The molecule has 0 aliphatic heterocycles. The summed E-state index contributed by atoms with van der Waals surface area (Å²) in [6.45, 7) is 3.49. The Morgan fingerprint density at radius 2 is 2.16 bits per heavy atom. The van der Waals surface area contributed by atoms with Gasteiger partial charge in [0, 0.05) is 24.4 Å². The molecule has 3 rings (SSSR count). The lowest BCUT2D eigenvalue weighted by Crippen LogP contribution is -2.23. The van der Waals surface area contributed by atoms with E-state index in [4.69, 9.17) is 5.26 Å². The lowest BCUT2D eigenvalue weighted by molar-refractivity contribution is -0.116. The maximum absolute atomic E-state index is 14.2. The standard InChI is InChI=1S/C21H19FN6O2S/c1-14-12-19(27(26-14)11-5-10-23)25-20(30)9-8-16-13-31-21(24-16)28(15(2)29)18-7-4-3-6-17(18)22/h3-4,6-9,12-13H,5,11H2,1-2H3,(H,25,30)/b9-8+. The fourth-order valence-corrected chi connectivity index (χ4v) is 3.65. The number of benzene rings is 1. The number of hydrogen-bond donors (Lipinski definition) is 1. The Morgan fingerprint density at radius 1 is 1.39 bits per heavy atom. The monoisotopic (exact) mass is 438 g/mol. The Morgan fingerprint density at radius 3 is 2.87 bits per heavy atom. The van der Waals surface area contributed by atoms with E-state index >= 15 is 0 Å². The van der Waals surface area contributed by atoms with Gasteiger partial charge in [-0.25, -0.2) is 14.1 Å². The molecule has 10 heteroatoms. The van der Waals surface area contributed by atoms with E-state index in [-0.39, 0.29) is 18.0 Å². The molecule has 1 aromatic carbocycles. The molecule has 158 valence electrons. The van der Waals surface area contributed by atoms with Gasteiger partial charge in [0.1, 0.15) is 11.6 Å². The molecule has 0 fully saturated rings. The molecule has 0 bridgehead atoms. The van der Waals surface area contributed by atoms with Crippen molar-refractivity contribution in [2.45, 2.75) is 26.8 Å². The largest absolute Gasteiger partial charge is 0.307 e. The highest BCUT2D eigenvalue weighted by Crippen LogP contribution is 2.31. The fraction of sp³-hybridized carbons (Fsp3) is 0.190. The van der Waals surface area contributed by atoms with Crippen LogP contribution in [0.4, 0.5) is 21.0 Å². The number of halogens is 1. The Hall–Kier alpha value is -3.84. The molecule has 3 aromatic rings. The van der Waals surface area contributed by atoms with Crippen molar-refractivity contribution in [1.29, 1.82) is 5.26 Å². The normalized spacial score (nSPS) is 10.8. The van der Waals surface area contributed by atoms with Gasteiger partial charge in [-0.2, -0.15) is 10.4 Å². The summed E-state index contributed by atoms with van der Waals surface area (Å²) in [7, 11) is 0. The van der Waals surface area contributed by atoms with E-state index in [0.717, 1.165) is 17.0 Å². The quantitative estimate of drug-likeness (QED) is 0.561. The van der Waals surface area contributed by atoms with Crippen LogP contribution in [-0.4, -0.2) is 26.6 Å². The van der Waals surface area contributed by atoms with Gasteiger partial charge in [0.05, 0.1) is 36.1 Å². The summed E-state index contributed by atoms with van der Waals surface area (Å²) >= 11 is 1.16. The predicted molar refractivity (Wildman–Crippen MR) is 116 cm³/mol. The third kappa shape index (κ3) is 5.40. The zero-order chi connectivity index (χ0) is 22.4. The Kier molecular flexibility index (Phi) is 6.89. The number of hydrogen-bond acceptors (Lipinski definition) is 6. The van der Waals surface area contributed by atoms with Crippen LogP contribution in [0.5, 0.6) is 0 Å². The molecule has 0 spiro atoms. The molecule has 2 heterocycles. The van der Waals surface area contributed by atoms with Gasteiger partial charge in [0.15, 0.2) is 5.13 Å². The molecule has 0 radical (unpaired) electrons. The molecular weight excluding hydrogens is 419 g/mol. The first-order valence-corrected chi connectivity index (χ1v) is 10.2. The fourth-order valence-electron chi connectivity index (χ4n) is 2.80. The van der Waals surface area contributed by atoms with Gasteiger partial charge in [-0.1, -0.05) is 12.1 Å². The van der Waals surface area contributed by atoms with E-state index in [2.05, 4.69) is 15.4 Å². The van der Waals surface area contributed by atoms with Crippen LogP contribution in [-0.2, 0) is 16.1 Å². The number of thiazole rings is 1. The van der Waals surface area contributed by atoms with Crippen LogP contribution < -0.4 is 10.2 Å². The summed E-state index contributed by atoms with van der Waals surface area (Å²) in [6, 6.07) is 9.70. The minimum atomic E-state index is -0.535. The van der Waals surface area contributed by atoms with E-state index in [0.29, 0.717) is 23.2 Å². The molecular formula is C21H19FN6O2S. The van der Waals surface area contributed by atoms with Crippen molar-refractivity contribution >= 4 is 45.9 Å². The summed E-state index contributed by atoms with van der Waals surface area (Å²) in [5.74, 6) is -0.824. The topological polar surface area (TPSA) is 104 Å². The van der Waals surface area contributed by atoms with Crippen molar-refractivity contribution < 1.29 is 14.0 Å². The van der Waals surface area contributed by atoms with Crippen molar-refractivity contribution in [2.24, 2.45) is 0 Å². The van der Waals surface area contributed by atoms with Crippen LogP contribution in [0.2, 0.25) is 0 Å². The van der Waals surface area contributed by atoms with Crippen molar-refractivity contribution in [3.05, 3.63) is 59.0 Å². The zero-order valence-electron chi connectivity index (χ0n) is 16.9. The number of carbonyl (C=O) groups excluding carboxylic acids is 2. The second kappa shape index (κ2) is 9.77. The lowest BCUT2D eigenvalue weighted by atomic mass is 10.3. The van der Waals surface area contributed by atoms with Crippen LogP contribution in [0.1, 0.15) is 24.7 Å². The number of aryl methyl sites for hydroxylation is 2. The highest BCUT2D eigenvalue weighted by Gasteiger charge is 2.20. The van der Waals surface area contributed by atoms with E-state index in [9.17, 15) is 14.0 Å². The Balaban J connectivity index is 1.73. The summed E-state index contributed by atoms with van der Waals surface area (Å²) in [5, 5.41) is 17.7. The van der Waals surface area contributed by atoms with E-state index < -0.39 is 11.7 Å². The molecule has 0 saturated heterocycles. The molecule has 2 aromatic heterocycles. The van der Waals surface area contributed by atoms with Gasteiger partial charge >= 0.3 is 0 Å². The first kappa shape index (κ1) is 21.9. The minimum Gasteiger partial charge on any atom is -0.307 e. The first-order valence-electron chi connectivity index (χ1n) is 9.30. The average molecular weight is 438 g/mol. The van der Waals surface area contributed by atoms with Crippen molar-refractivity contribution in [1.82, 2.24) is 14.8 Å². The highest BCUT2D eigenvalue weighted by atomic mass is 32.1. The van der Waals surface area contributed by atoms with Gasteiger partial charge in [0.25, 0.3) is 0 Å². The number of carbonyl (C=O) groups is 2. The number of aromatic nitrogens is 3. The maximum Gasteiger partial charge on any atom is 0.249 e. The second-order valence-corrected chi connectivity index (χ2v) is 7.32. The van der Waals surface area contributed by atoms with Gasteiger partial charge in [-0.3, -0.25) is 14.5 Å². The third-order valence-electron chi connectivity index (χ3n) is 4.10. The predicted octanol–water partition coefficient (Wildman–Crippen LogP) is 4.04. The number of nitriles is 1. The SMILES string of the molecule is CC(=O)N(c1nc(/C=C/C(=O)Nc2cc(C)nn2CCC#N)cs1)c1ccccc1F. The Labute approximate surface area is 182 Å². The van der Waals surface area contributed by atoms with Crippen LogP contribution in [0.15, 0.2) is 41.8 Å². The van der Waals surface area contributed by atoms with Crippen molar-refractivity contribution in [3.8, 4) is 6.07 Å². The number of nitrogens with zero attached hydrogens (tertiary/aromatic N) is 5.